The number of piperidine rings is 1. The predicted octanol–water partition coefficient (Wildman–Crippen LogP) is 1.62. The molecule has 0 saturated carbocycles. The molecule has 0 spiro atoms. The molecule has 1 unspecified atom stereocenters. The standard InChI is InChI=1S/C16H20N2O4/c1-2-21-12-6-5-9-17(10-12)15(19)11-18-13-7-3-4-8-14(13)22-16(18)20/h3-4,7-8,12H,2,5-6,9-11H2,1H3. The zero-order valence-corrected chi connectivity index (χ0v) is 12.7. The van der Waals surface area contributed by atoms with Crippen LogP contribution in [0, 0.1) is 0 Å². The lowest BCUT2D eigenvalue weighted by Crippen LogP contribution is -2.45. The van der Waals surface area contributed by atoms with Gasteiger partial charge in [-0.3, -0.25) is 9.36 Å². The predicted molar refractivity (Wildman–Crippen MR) is 81.7 cm³/mol. The number of nitrogens with zero attached hydrogens (tertiary/aromatic N) is 2. The molecule has 3 rings (SSSR count). The van der Waals surface area contributed by atoms with Crippen molar-refractivity contribution in [3.8, 4) is 0 Å². The Balaban J connectivity index is 1.75. The van der Waals surface area contributed by atoms with Crippen LogP contribution < -0.4 is 5.76 Å². The second-order valence-corrected chi connectivity index (χ2v) is 5.48. The van der Waals surface area contributed by atoms with Gasteiger partial charge in [-0.2, -0.15) is 0 Å². The summed E-state index contributed by atoms with van der Waals surface area (Å²) in [5.41, 5.74) is 1.16. The van der Waals surface area contributed by atoms with E-state index in [-0.39, 0.29) is 18.6 Å². The maximum absolute atomic E-state index is 12.5. The van der Waals surface area contributed by atoms with E-state index in [0.29, 0.717) is 30.8 Å². The minimum Gasteiger partial charge on any atom is -0.408 e. The molecule has 1 fully saturated rings. The SMILES string of the molecule is CCOC1CCCN(C(=O)Cn2c(=O)oc3ccccc32)C1. The number of fused-ring (bicyclic) bond motifs is 1. The number of aromatic nitrogens is 1. The van der Waals surface area contributed by atoms with Crippen LogP contribution in [0.3, 0.4) is 0 Å². The van der Waals surface area contributed by atoms with Crippen molar-refractivity contribution in [2.24, 2.45) is 0 Å². The Labute approximate surface area is 128 Å². The summed E-state index contributed by atoms with van der Waals surface area (Å²) in [7, 11) is 0. The fraction of sp³-hybridized carbons (Fsp3) is 0.500. The molecule has 0 aliphatic carbocycles. The lowest BCUT2D eigenvalue weighted by molar-refractivity contribution is -0.135. The number of likely N-dealkylation sites (tertiary alicyclic amines) is 1. The number of carbonyl (C=O) groups is 1. The number of hydrogen-bond acceptors (Lipinski definition) is 4. The van der Waals surface area contributed by atoms with Crippen LogP contribution in [-0.4, -0.2) is 41.2 Å². The van der Waals surface area contributed by atoms with Crippen molar-refractivity contribution in [1.29, 1.82) is 0 Å². The first-order valence-electron chi connectivity index (χ1n) is 7.66. The molecule has 0 N–H and O–H groups in total. The van der Waals surface area contributed by atoms with E-state index in [1.807, 2.05) is 13.0 Å². The molecule has 1 amide bonds. The van der Waals surface area contributed by atoms with Gasteiger partial charge in [0, 0.05) is 19.7 Å². The molecule has 1 saturated heterocycles. The van der Waals surface area contributed by atoms with Crippen LogP contribution in [0.4, 0.5) is 0 Å². The molecule has 1 aromatic heterocycles. The van der Waals surface area contributed by atoms with Crippen LogP contribution in [0.5, 0.6) is 0 Å². The van der Waals surface area contributed by atoms with E-state index < -0.39 is 5.76 Å². The van der Waals surface area contributed by atoms with Crippen molar-refractivity contribution >= 4 is 17.0 Å². The van der Waals surface area contributed by atoms with Crippen LogP contribution in [0.2, 0.25) is 0 Å². The zero-order valence-electron chi connectivity index (χ0n) is 12.7. The average molecular weight is 304 g/mol. The quantitative estimate of drug-likeness (QED) is 0.861. The van der Waals surface area contributed by atoms with Crippen molar-refractivity contribution < 1.29 is 13.9 Å². The number of amides is 1. The van der Waals surface area contributed by atoms with Gasteiger partial charge in [0.15, 0.2) is 5.58 Å². The Morgan fingerprint density at radius 1 is 1.41 bits per heavy atom. The van der Waals surface area contributed by atoms with Crippen LogP contribution in [0.25, 0.3) is 11.1 Å². The lowest BCUT2D eigenvalue weighted by Gasteiger charge is -2.32. The minimum atomic E-state index is -0.493. The summed E-state index contributed by atoms with van der Waals surface area (Å²) in [6.07, 6.45) is 2.00. The third-order valence-corrected chi connectivity index (χ3v) is 4.00. The fourth-order valence-corrected chi connectivity index (χ4v) is 2.94. The van der Waals surface area contributed by atoms with Crippen molar-refractivity contribution in [3.05, 3.63) is 34.8 Å². The van der Waals surface area contributed by atoms with Crippen molar-refractivity contribution in [3.63, 3.8) is 0 Å². The topological polar surface area (TPSA) is 64.7 Å². The summed E-state index contributed by atoms with van der Waals surface area (Å²) >= 11 is 0. The lowest BCUT2D eigenvalue weighted by atomic mass is 10.1. The molecule has 1 aliphatic rings. The second kappa shape index (κ2) is 6.36. The van der Waals surface area contributed by atoms with Gasteiger partial charge >= 0.3 is 5.76 Å². The Bertz CT molecular complexity index is 716. The smallest absolute Gasteiger partial charge is 0.408 e. The number of ether oxygens (including phenoxy) is 1. The second-order valence-electron chi connectivity index (χ2n) is 5.48. The molecule has 2 aromatic rings. The highest BCUT2D eigenvalue weighted by Crippen LogP contribution is 2.15. The molecule has 1 aromatic carbocycles. The van der Waals surface area contributed by atoms with Gasteiger partial charge in [-0.15, -0.1) is 0 Å². The van der Waals surface area contributed by atoms with Gasteiger partial charge in [-0.1, -0.05) is 12.1 Å². The molecular weight excluding hydrogens is 284 g/mol. The molecule has 0 bridgehead atoms. The van der Waals surface area contributed by atoms with E-state index in [2.05, 4.69) is 0 Å². The van der Waals surface area contributed by atoms with Crippen molar-refractivity contribution in [2.75, 3.05) is 19.7 Å². The number of carbonyl (C=O) groups excluding carboxylic acids is 1. The van der Waals surface area contributed by atoms with Crippen molar-refractivity contribution in [2.45, 2.75) is 32.4 Å². The average Bonchev–Trinajstić information content (AvgIpc) is 2.84. The largest absolute Gasteiger partial charge is 0.420 e. The number of oxazole rings is 1. The van der Waals surface area contributed by atoms with Gasteiger partial charge in [0.2, 0.25) is 5.91 Å². The first kappa shape index (κ1) is 14.8. The van der Waals surface area contributed by atoms with E-state index in [0.717, 1.165) is 12.8 Å². The summed E-state index contributed by atoms with van der Waals surface area (Å²) in [6, 6.07) is 7.13. The van der Waals surface area contributed by atoms with Gasteiger partial charge in [0.05, 0.1) is 11.6 Å². The first-order chi connectivity index (χ1) is 10.7. The summed E-state index contributed by atoms with van der Waals surface area (Å²) in [4.78, 5) is 26.2. The van der Waals surface area contributed by atoms with Crippen LogP contribution in [0.15, 0.2) is 33.5 Å². The molecule has 6 heteroatoms. The monoisotopic (exact) mass is 304 g/mol. The van der Waals surface area contributed by atoms with Gasteiger partial charge in [0.1, 0.15) is 6.54 Å². The molecule has 118 valence electrons. The van der Waals surface area contributed by atoms with Crippen LogP contribution >= 0.6 is 0 Å². The fourth-order valence-electron chi connectivity index (χ4n) is 2.94. The van der Waals surface area contributed by atoms with Gasteiger partial charge in [0.25, 0.3) is 0 Å². The van der Waals surface area contributed by atoms with E-state index in [1.54, 1.807) is 23.1 Å². The highest BCUT2D eigenvalue weighted by atomic mass is 16.5. The zero-order chi connectivity index (χ0) is 15.5. The number of hydrogen-bond donors (Lipinski definition) is 0. The third kappa shape index (κ3) is 2.92. The minimum absolute atomic E-state index is 0.00862. The molecule has 22 heavy (non-hydrogen) atoms. The Hall–Kier alpha value is -2.08. The third-order valence-electron chi connectivity index (χ3n) is 4.00. The molecule has 6 nitrogen and oxygen atoms in total. The molecular formula is C16H20N2O4. The summed E-state index contributed by atoms with van der Waals surface area (Å²) < 4.78 is 12.2. The van der Waals surface area contributed by atoms with E-state index in [4.69, 9.17) is 9.15 Å². The maximum Gasteiger partial charge on any atom is 0.420 e. The Kier molecular flexibility index (Phi) is 4.29. The molecule has 1 atom stereocenters. The Morgan fingerprint density at radius 2 is 2.23 bits per heavy atom. The molecule has 1 aliphatic heterocycles. The Morgan fingerprint density at radius 3 is 3.05 bits per heavy atom. The van der Waals surface area contributed by atoms with Gasteiger partial charge < -0.3 is 14.1 Å². The molecule has 0 radical (unpaired) electrons. The summed E-state index contributed by atoms with van der Waals surface area (Å²) in [5, 5.41) is 0. The van der Waals surface area contributed by atoms with E-state index >= 15 is 0 Å². The van der Waals surface area contributed by atoms with E-state index in [1.165, 1.54) is 4.57 Å². The number of para-hydroxylation sites is 2. The number of rotatable bonds is 4. The van der Waals surface area contributed by atoms with Gasteiger partial charge in [-0.05, 0) is 31.9 Å². The van der Waals surface area contributed by atoms with Crippen molar-refractivity contribution in [1.82, 2.24) is 9.47 Å². The first-order valence-corrected chi connectivity index (χ1v) is 7.66. The normalized spacial score (nSPS) is 18.8. The maximum atomic E-state index is 12.5. The van der Waals surface area contributed by atoms with E-state index in [9.17, 15) is 9.59 Å². The highest BCUT2D eigenvalue weighted by molar-refractivity contribution is 5.79. The van der Waals surface area contributed by atoms with Gasteiger partial charge in [-0.25, -0.2) is 4.79 Å². The van der Waals surface area contributed by atoms with Crippen LogP contribution in [0.1, 0.15) is 19.8 Å². The summed E-state index contributed by atoms with van der Waals surface area (Å²) in [6.45, 7) is 3.93. The summed E-state index contributed by atoms with van der Waals surface area (Å²) in [5.74, 6) is -0.564. The highest BCUT2D eigenvalue weighted by Gasteiger charge is 2.25. The molecule has 2 heterocycles. The van der Waals surface area contributed by atoms with Crippen LogP contribution in [-0.2, 0) is 16.1 Å². The number of benzene rings is 1.